The summed E-state index contributed by atoms with van der Waals surface area (Å²) in [5.74, 6) is -0.462. The summed E-state index contributed by atoms with van der Waals surface area (Å²) in [7, 11) is 0. The van der Waals surface area contributed by atoms with E-state index in [0.717, 1.165) is 12.8 Å². The smallest absolute Gasteiger partial charge is 0.260 e. The Morgan fingerprint density at radius 1 is 1.37 bits per heavy atom. The fourth-order valence-electron chi connectivity index (χ4n) is 1.94. The first kappa shape index (κ1) is 15.7. The molecular weight excluding hydrogens is 271 g/mol. The molecule has 1 aliphatic heterocycles. The van der Waals surface area contributed by atoms with Gasteiger partial charge in [0.25, 0.3) is 5.91 Å². The molecule has 1 aromatic carbocycles. The first-order valence-electron chi connectivity index (χ1n) is 6.07. The molecule has 0 aromatic heterocycles. The fourth-order valence-corrected chi connectivity index (χ4v) is 1.94. The number of nitrogens with two attached hydrogens (primary N) is 1. The number of halogens is 2. The Morgan fingerprint density at radius 3 is 2.63 bits per heavy atom. The van der Waals surface area contributed by atoms with E-state index in [1.165, 1.54) is 12.1 Å². The number of amides is 1. The Bertz CT molecular complexity index is 423. The molecule has 0 unspecified atom stereocenters. The van der Waals surface area contributed by atoms with Crippen molar-refractivity contribution in [3.8, 4) is 5.75 Å². The minimum Gasteiger partial charge on any atom is -0.481 e. The fraction of sp³-hybridized carbons (Fsp3) is 0.462. The maximum atomic E-state index is 13.3. The van der Waals surface area contributed by atoms with Crippen LogP contribution in [0, 0.1) is 5.82 Å². The van der Waals surface area contributed by atoms with Crippen LogP contribution in [-0.4, -0.2) is 36.5 Å². The summed E-state index contributed by atoms with van der Waals surface area (Å²) in [6, 6.07) is 6.24. The van der Waals surface area contributed by atoms with E-state index in [2.05, 4.69) is 0 Å². The van der Waals surface area contributed by atoms with Crippen LogP contribution >= 0.6 is 12.4 Å². The van der Waals surface area contributed by atoms with Gasteiger partial charge < -0.3 is 15.4 Å². The maximum Gasteiger partial charge on any atom is 0.260 e. The highest BCUT2D eigenvalue weighted by Gasteiger charge is 2.20. The topological polar surface area (TPSA) is 55.6 Å². The van der Waals surface area contributed by atoms with Gasteiger partial charge in [-0.3, -0.25) is 4.79 Å². The molecule has 0 saturated carbocycles. The van der Waals surface area contributed by atoms with Crippen molar-refractivity contribution in [2.45, 2.75) is 18.9 Å². The van der Waals surface area contributed by atoms with Crippen molar-refractivity contribution in [3.63, 3.8) is 0 Å². The summed E-state index contributed by atoms with van der Waals surface area (Å²) in [6.45, 7) is 1.18. The zero-order valence-electron chi connectivity index (χ0n) is 10.5. The van der Waals surface area contributed by atoms with E-state index < -0.39 is 5.82 Å². The van der Waals surface area contributed by atoms with Crippen molar-refractivity contribution in [2.24, 2.45) is 5.73 Å². The minimum atomic E-state index is -0.453. The number of ether oxygens (including phenoxy) is 1. The van der Waals surface area contributed by atoms with Crippen LogP contribution in [0.25, 0.3) is 0 Å². The lowest BCUT2D eigenvalue weighted by Crippen LogP contribution is -2.44. The lowest BCUT2D eigenvalue weighted by Gasteiger charge is -2.30. The highest BCUT2D eigenvalue weighted by molar-refractivity contribution is 5.85. The Balaban J connectivity index is 0.00000180. The van der Waals surface area contributed by atoms with Crippen LogP contribution in [0.2, 0.25) is 0 Å². The van der Waals surface area contributed by atoms with E-state index in [-0.39, 0.29) is 36.7 Å². The van der Waals surface area contributed by atoms with Gasteiger partial charge in [-0.15, -0.1) is 12.4 Å². The van der Waals surface area contributed by atoms with Gasteiger partial charge in [-0.05, 0) is 25.0 Å². The van der Waals surface area contributed by atoms with Gasteiger partial charge in [0, 0.05) is 19.1 Å². The largest absolute Gasteiger partial charge is 0.481 e. The van der Waals surface area contributed by atoms with Crippen LogP contribution in [0.5, 0.6) is 5.75 Å². The molecule has 106 valence electrons. The molecule has 1 aromatic rings. The summed E-state index contributed by atoms with van der Waals surface area (Å²) in [5.41, 5.74) is 5.76. The molecule has 2 rings (SSSR count). The van der Waals surface area contributed by atoms with Crippen LogP contribution in [0.4, 0.5) is 4.39 Å². The van der Waals surface area contributed by atoms with Crippen molar-refractivity contribution in [1.29, 1.82) is 0 Å². The molecule has 1 heterocycles. The number of para-hydroxylation sites is 1. The summed E-state index contributed by atoms with van der Waals surface area (Å²) in [4.78, 5) is 13.5. The second-order valence-corrected chi connectivity index (χ2v) is 4.44. The average Bonchev–Trinajstić information content (AvgIpc) is 2.38. The molecule has 6 heteroatoms. The number of carbonyl (C=O) groups excluding carboxylic acids is 1. The molecule has 1 amide bonds. The first-order chi connectivity index (χ1) is 8.66. The standard InChI is InChI=1S/C13H17FN2O2.ClH/c14-11-3-1-2-4-12(11)18-9-13(17)16-7-5-10(15)6-8-16;/h1-4,10H,5-9,15H2;1H. The van der Waals surface area contributed by atoms with Crippen molar-refractivity contribution >= 4 is 18.3 Å². The molecule has 1 saturated heterocycles. The van der Waals surface area contributed by atoms with Crippen LogP contribution in [0.3, 0.4) is 0 Å². The quantitative estimate of drug-likeness (QED) is 0.919. The number of piperidine rings is 1. The minimum absolute atomic E-state index is 0. The third-order valence-corrected chi connectivity index (χ3v) is 3.08. The van der Waals surface area contributed by atoms with Crippen molar-refractivity contribution in [3.05, 3.63) is 30.1 Å². The molecule has 0 aliphatic carbocycles. The summed E-state index contributed by atoms with van der Waals surface area (Å²) in [6.07, 6.45) is 1.62. The second-order valence-electron chi connectivity index (χ2n) is 4.44. The van der Waals surface area contributed by atoms with Crippen LogP contribution in [0.1, 0.15) is 12.8 Å². The second kappa shape index (κ2) is 7.31. The third kappa shape index (κ3) is 4.36. The Kier molecular flexibility index (Phi) is 6.05. The lowest BCUT2D eigenvalue weighted by molar-refractivity contribution is -0.134. The van der Waals surface area contributed by atoms with E-state index in [4.69, 9.17) is 10.5 Å². The number of hydrogen-bond donors (Lipinski definition) is 1. The number of nitrogens with zero attached hydrogens (tertiary/aromatic N) is 1. The number of rotatable bonds is 3. The monoisotopic (exact) mass is 288 g/mol. The van der Waals surface area contributed by atoms with E-state index in [1.807, 2.05) is 0 Å². The molecule has 19 heavy (non-hydrogen) atoms. The number of likely N-dealkylation sites (tertiary alicyclic amines) is 1. The average molecular weight is 289 g/mol. The highest BCUT2D eigenvalue weighted by Crippen LogP contribution is 2.16. The number of hydrogen-bond acceptors (Lipinski definition) is 3. The predicted molar refractivity (Wildman–Crippen MR) is 72.9 cm³/mol. The van der Waals surface area contributed by atoms with E-state index in [0.29, 0.717) is 13.1 Å². The molecule has 4 nitrogen and oxygen atoms in total. The van der Waals surface area contributed by atoms with Gasteiger partial charge in [0.1, 0.15) is 0 Å². The van der Waals surface area contributed by atoms with E-state index >= 15 is 0 Å². The summed E-state index contributed by atoms with van der Waals surface area (Å²) in [5, 5.41) is 0. The molecule has 0 radical (unpaired) electrons. The maximum absolute atomic E-state index is 13.3. The number of benzene rings is 1. The van der Waals surface area contributed by atoms with E-state index in [9.17, 15) is 9.18 Å². The SMILES string of the molecule is Cl.NC1CCN(C(=O)COc2ccccc2F)CC1. The summed E-state index contributed by atoms with van der Waals surface area (Å²) >= 11 is 0. The molecule has 0 atom stereocenters. The zero-order chi connectivity index (χ0) is 13.0. The molecule has 0 bridgehead atoms. The predicted octanol–water partition coefficient (Wildman–Crippen LogP) is 1.58. The van der Waals surface area contributed by atoms with Crippen molar-refractivity contribution in [2.75, 3.05) is 19.7 Å². The van der Waals surface area contributed by atoms with Gasteiger partial charge in [-0.2, -0.15) is 0 Å². The molecular formula is C13H18ClFN2O2. The Labute approximate surface area is 118 Å². The molecule has 1 fully saturated rings. The first-order valence-corrected chi connectivity index (χ1v) is 6.07. The molecule has 1 aliphatic rings. The van der Waals surface area contributed by atoms with E-state index in [1.54, 1.807) is 17.0 Å². The normalized spacial score (nSPS) is 15.8. The van der Waals surface area contributed by atoms with Gasteiger partial charge in [0.2, 0.25) is 0 Å². The Morgan fingerprint density at radius 2 is 2.00 bits per heavy atom. The van der Waals surface area contributed by atoms with Gasteiger partial charge in [-0.1, -0.05) is 12.1 Å². The molecule has 0 spiro atoms. The van der Waals surface area contributed by atoms with Crippen LogP contribution in [-0.2, 0) is 4.79 Å². The van der Waals surface area contributed by atoms with Gasteiger partial charge >= 0.3 is 0 Å². The van der Waals surface area contributed by atoms with Gasteiger partial charge in [0.15, 0.2) is 18.2 Å². The van der Waals surface area contributed by atoms with Crippen LogP contribution < -0.4 is 10.5 Å². The van der Waals surface area contributed by atoms with Crippen molar-refractivity contribution < 1.29 is 13.9 Å². The lowest BCUT2D eigenvalue weighted by atomic mass is 10.1. The summed E-state index contributed by atoms with van der Waals surface area (Å²) < 4.78 is 18.4. The molecule has 2 N–H and O–H groups in total. The zero-order valence-corrected chi connectivity index (χ0v) is 11.4. The van der Waals surface area contributed by atoms with Crippen molar-refractivity contribution in [1.82, 2.24) is 4.90 Å². The number of carbonyl (C=O) groups is 1. The van der Waals surface area contributed by atoms with Gasteiger partial charge in [-0.25, -0.2) is 4.39 Å². The van der Waals surface area contributed by atoms with Gasteiger partial charge in [0.05, 0.1) is 0 Å². The Hall–Kier alpha value is -1.33. The third-order valence-electron chi connectivity index (χ3n) is 3.08. The van der Waals surface area contributed by atoms with Crippen LogP contribution in [0.15, 0.2) is 24.3 Å². The highest BCUT2D eigenvalue weighted by atomic mass is 35.5.